The van der Waals surface area contributed by atoms with E-state index >= 15 is 0 Å². The van der Waals surface area contributed by atoms with Crippen LogP contribution in [0.2, 0.25) is 0 Å². The summed E-state index contributed by atoms with van der Waals surface area (Å²) in [4.78, 5) is 19.9. The van der Waals surface area contributed by atoms with E-state index in [-0.39, 0.29) is 0 Å². The Morgan fingerprint density at radius 2 is 1.29 bits per heavy atom. The van der Waals surface area contributed by atoms with Gasteiger partial charge in [0.2, 0.25) is 0 Å². The number of nitrogens with zero attached hydrogens (tertiary/aromatic N) is 4. The van der Waals surface area contributed by atoms with Crippen molar-refractivity contribution in [1.29, 1.82) is 0 Å². The molecule has 0 radical (unpaired) electrons. The first-order chi connectivity index (χ1) is 25.3. The fourth-order valence-corrected chi connectivity index (χ4v) is 8.22. The minimum Gasteiger partial charge on any atom is -0.377 e. The van der Waals surface area contributed by atoms with Gasteiger partial charge in [0, 0.05) is 66.0 Å². The van der Waals surface area contributed by atoms with Gasteiger partial charge in [-0.05, 0) is 95.4 Å². The normalized spacial score (nSPS) is 23.7. The Hall–Kier alpha value is -5.56. The number of allylic oxidation sites excluding steroid dienone is 8. The molecule has 8 bridgehead atoms. The lowest BCUT2D eigenvalue weighted by molar-refractivity contribution is 0.503. The predicted molar refractivity (Wildman–Crippen MR) is 215 cm³/mol. The van der Waals surface area contributed by atoms with Crippen molar-refractivity contribution in [3.63, 3.8) is 0 Å². The van der Waals surface area contributed by atoms with E-state index in [2.05, 4.69) is 113 Å². The first-order valence-electron chi connectivity index (χ1n) is 17.4. The molecule has 8 heteroatoms. The molecule has 5 aliphatic rings. The van der Waals surface area contributed by atoms with Gasteiger partial charge >= 0.3 is 0 Å². The van der Waals surface area contributed by atoms with Gasteiger partial charge in [0.15, 0.2) is 9.87 Å². The number of aromatic nitrogens is 2. The maximum atomic E-state index is 7.96. The highest BCUT2D eigenvalue weighted by molar-refractivity contribution is 6.40. The number of fused-ring (bicyclic) bond motifs is 6. The van der Waals surface area contributed by atoms with Crippen molar-refractivity contribution in [1.82, 2.24) is 19.8 Å². The minimum absolute atomic E-state index is 0.728. The first-order valence-corrected chi connectivity index (χ1v) is 18.2. The van der Waals surface area contributed by atoms with Crippen molar-refractivity contribution < 1.29 is 0 Å². The average molecular weight is 720 g/mol. The Morgan fingerprint density at radius 3 is 1.96 bits per heavy atom. The van der Waals surface area contributed by atoms with Gasteiger partial charge in [-0.25, -0.2) is 4.99 Å². The molecule has 0 saturated carbocycles. The van der Waals surface area contributed by atoms with Gasteiger partial charge in [-0.15, -0.1) is 11.6 Å². The topological polar surface area (TPSA) is 62.8 Å². The van der Waals surface area contributed by atoms with E-state index in [1.165, 1.54) is 0 Å². The molecule has 2 aromatic carbocycles. The Balaban J connectivity index is 1.39. The van der Waals surface area contributed by atoms with Crippen molar-refractivity contribution in [2.75, 3.05) is 27.2 Å². The maximum absolute atomic E-state index is 7.96. The average Bonchev–Trinajstić information content (AvgIpc) is 4.00. The quantitative estimate of drug-likeness (QED) is 0.172. The number of halogens is 2. The van der Waals surface area contributed by atoms with E-state index in [0.717, 1.165) is 91.3 Å². The summed E-state index contributed by atoms with van der Waals surface area (Å²) in [6.45, 7) is 1.58. The van der Waals surface area contributed by atoms with Crippen molar-refractivity contribution in [3.05, 3.63) is 196 Å². The Kier molecular flexibility index (Phi) is 7.83. The van der Waals surface area contributed by atoms with Gasteiger partial charge in [-0.2, -0.15) is 0 Å². The fourth-order valence-electron chi connectivity index (χ4n) is 7.51. The van der Waals surface area contributed by atoms with Gasteiger partial charge in [0.05, 0.1) is 17.1 Å². The van der Waals surface area contributed by atoms with Crippen LogP contribution in [-0.2, 0) is 4.87 Å². The second-order valence-corrected chi connectivity index (χ2v) is 14.8. The summed E-state index contributed by atoms with van der Waals surface area (Å²) >= 11 is 15.7. The van der Waals surface area contributed by atoms with Crippen molar-refractivity contribution in [3.8, 4) is 0 Å². The van der Waals surface area contributed by atoms with Crippen LogP contribution >= 0.6 is 23.2 Å². The smallest absolute Gasteiger partial charge is 0.181 e. The predicted octanol–water partition coefficient (Wildman–Crippen LogP) is 7.33. The minimum atomic E-state index is -1.38. The third-order valence-electron chi connectivity index (χ3n) is 10.2. The van der Waals surface area contributed by atoms with Crippen molar-refractivity contribution in [2.45, 2.75) is 9.87 Å². The third-order valence-corrected chi connectivity index (χ3v) is 11.5. The van der Waals surface area contributed by atoms with E-state index in [1.807, 2.05) is 66.7 Å². The summed E-state index contributed by atoms with van der Waals surface area (Å²) in [6, 6.07) is 28.7. The monoisotopic (exact) mass is 718 g/mol. The van der Waals surface area contributed by atoms with E-state index < -0.39 is 9.87 Å². The highest BCUT2D eigenvalue weighted by atomic mass is 35.5. The number of alkyl halides is 2. The van der Waals surface area contributed by atoms with Gasteiger partial charge in [0.25, 0.3) is 0 Å². The molecule has 2 aromatic heterocycles. The summed E-state index contributed by atoms with van der Waals surface area (Å²) in [5, 5.41) is 1.87. The number of benzene rings is 2. The van der Waals surface area contributed by atoms with Crippen molar-refractivity contribution in [2.24, 2.45) is 9.98 Å². The summed E-state index contributed by atoms with van der Waals surface area (Å²) in [5.74, 6) is 0. The van der Waals surface area contributed by atoms with Gasteiger partial charge in [0.1, 0.15) is 0 Å². The van der Waals surface area contributed by atoms with Crippen LogP contribution in [0.3, 0.4) is 0 Å². The number of rotatable bonds is 4. The first kappa shape index (κ1) is 32.4. The number of aliphatic imine (C=N–C) groups is 2. The van der Waals surface area contributed by atoms with Gasteiger partial charge in [-0.3, -0.25) is 4.99 Å². The van der Waals surface area contributed by atoms with Crippen LogP contribution < -0.4 is 10.7 Å². The van der Waals surface area contributed by atoms with Crippen LogP contribution in [0.25, 0.3) is 16.7 Å². The SMILES string of the molecule is CN1C=CC(C2=C3C=CC(=N3)C(C3=CCN(C)C=C3)=c3ccc([nH]3)=C(c3ccccc3)C3=NC(Cl)(C=C3)C(Cl)(c3ccccc3)c3ccc2[nH]3)=CC1. The molecule has 256 valence electrons. The number of hydrogen-bond donors (Lipinski definition) is 2. The molecular weight excluding hydrogens is 683 g/mol. The molecule has 5 aliphatic heterocycles. The summed E-state index contributed by atoms with van der Waals surface area (Å²) in [6.07, 6.45) is 21.2. The second-order valence-electron chi connectivity index (χ2n) is 13.6. The lowest BCUT2D eigenvalue weighted by atomic mass is 9.87. The van der Waals surface area contributed by atoms with Crippen LogP contribution in [-0.4, -0.2) is 63.4 Å². The Labute approximate surface area is 312 Å². The van der Waals surface area contributed by atoms with E-state index in [1.54, 1.807) is 0 Å². The summed E-state index contributed by atoms with van der Waals surface area (Å²) in [5.41, 5.74) is 11.0. The van der Waals surface area contributed by atoms with Crippen LogP contribution in [0.15, 0.2) is 173 Å². The molecule has 4 aromatic rings. The van der Waals surface area contributed by atoms with E-state index in [9.17, 15) is 0 Å². The molecule has 52 heavy (non-hydrogen) atoms. The van der Waals surface area contributed by atoms with Crippen LogP contribution in [0.1, 0.15) is 22.5 Å². The van der Waals surface area contributed by atoms with Crippen LogP contribution in [0.4, 0.5) is 0 Å². The largest absolute Gasteiger partial charge is 0.377 e. The van der Waals surface area contributed by atoms with Crippen LogP contribution in [0, 0.1) is 0 Å². The zero-order chi connectivity index (χ0) is 35.5. The molecule has 7 heterocycles. The molecular formula is C44H36Cl2N6. The number of hydrogen-bond acceptors (Lipinski definition) is 4. The highest BCUT2D eigenvalue weighted by Gasteiger charge is 2.53. The molecule has 9 rings (SSSR count). The molecule has 0 amide bonds. The summed E-state index contributed by atoms with van der Waals surface area (Å²) < 4.78 is 0. The molecule has 0 spiro atoms. The molecule has 0 aliphatic carbocycles. The van der Waals surface area contributed by atoms with Crippen LogP contribution in [0.5, 0.6) is 0 Å². The zero-order valence-electron chi connectivity index (χ0n) is 28.8. The summed E-state index contributed by atoms with van der Waals surface area (Å²) in [7, 11) is 4.15. The van der Waals surface area contributed by atoms with Gasteiger partial charge < -0.3 is 19.8 Å². The molecule has 2 N–H and O–H groups in total. The Bertz CT molecular complexity index is 2520. The lowest BCUT2D eigenvalue weighted by Gasteiger charge is -2.36. The van der Waals surface area contributed by atoms with E-state index in [0.29, 0.717) is 0 Å². The molecule has 2 atom stereocenters. The number of H-pyrrole nitrogens is 2. The zero-order valence-corrected chi connectivity index (χ0v) is 30.3. The number of nitrogens with one attached hydrogen (secondary N) is 2. The molecule has 6 nitrogen and oxygen atoms in total. The highest BCUT2D eigenvalue weighted by Crippen LogP contribution is 2.53. The molecule has 0 fully saturated rings. The fraction of sp³-hybridized carbons (Fsp3) is 0.136. The van der Waals surface area contributed by atoms with Crippen molar-refractivity contribution >= 4 is 51.3 Å². The number of likely N-dealkylation sites (N-methyl/N-ethyl adjacent to an activating group) is 2. The molecule has 0 saturated heterocycles. The third kappa shape index (κ3) is 5.33. The number of aromatic amines is 2. The Morgan fingerprint density at radius 1 is 0.635 bits per heavy atom. The lowest BCUT2D eigenvalue weighted by Crippen LogP contribution is -2.41. The van der Waals surface area contributed by atoms with Gasteiger partial charge in [-0.1, -0.05) is 84.4 Å². The van der Waals surface area contributed by atoms with E-state index in [4.69, 9.17) is 33.2 Å². The second kappa shape index (κ2) is 12.6. The molecule has 2 unspecified atom stereocenters. The maximum Gasteiger partial charge on any atom is 0.181 e. The standard InChI is InChI=1S/C44H36Cl2N6/c1-51-25-20-30(21-26-51)40-33-13-14-35(47-33)41(31-22-27-52(2)28-23-31)37-17-18-39(49-37)44(46,32-11-7-4-8-12-32)43(45)24-19-38(50-43)42(29-9-5-3-6-10-29)36-16-15-34(40)48-36/h3-25,27,48-49H,26,28H2,1-2H3.